The molecule has 0 aromatic carbocycles. The summed E-state index contributed by atoms with van der Waals surface area (Å²) < 4.78 is 26.3. The Kier molecular flexibility index (Phi) is 4.67. The highest BCUT2D eigenvalue weighted by Gasteiger charge is 2.27. The molecule has 0 bridgehead atoms. The van der Waals surface area contributed by atoms with Gasteiger partial charge in [-0.25, -0.2) is 8.42 Å². The van der Waals surface area contributed by atoms with Crippen molar-refractivity contribution in [2.75, 3.05) is 26.7 Å². The standard InChI is InChI=1S/C10H20N4O2S/c1-5-14(7-6-11-4)17(15,16)10-8(2)12-13-9(10)3/h11H,5-7H2,1-4H3,(H,12,13). The van der Waals surface area contributed by atoms with E-state index >= 15 is 0 Å². The first-order chi connectivity index (χ1) is 7.95. The SMILES string of the molecule is CCN(CCNC)S(=O)(=O)c1c(C)n[nH]c1C. The lowest BCUT2D eigenvalue weighted by Crippen LogP contribution is -2.36. The summed E-state index contributed by atoms with van der Waals surface area (Å²) in [5.74, 6) is 0. The number of rotatable bonds is 6. The van der Waals surface area contributed by atoms with Crippen molar-refractivity contribution < 1.29 is 8.42 Å². The zero-order valence-electron chi connectivity index (χ0n) is 10.7. The molecule has 1 rings (SSSR count). The number of aryl methyl sites for hydroxylation is 2. The smallest absolute Gasteiger partial charge is 0.246 e. The molecule has 1 aromatic rings. The fraction of sp³-hybridized carbons (Fsp3) is 0.700. The van der Waals surface area contributed by atoms with Crippen molar-refractivity contribution in [3.8, 4) is 0 Å². The monoisotopic (exact) mass is 260 g/mol. The minimum absolute atomic E-state index is 0.301. The molecule has 0 aliphatic rings. The maximum Gasteiger partial charge on any atom is 0.246 e. The Labute approximate surface area is 102 Å². The molecule has 0 unspecified atom stereocenters. The fourth-order valence-corrected chi connectivity index (χ4v) is 3.52. The average Bonchev–Trinajstić information content (AvgIpc) is 2.59. The van der Waals surface area contributed by atoms with Crippen LogP contribution >= 0.6 is 0 Å². The number of hydrogen-bond acceptors (Lipinski definition) is 4. The van der Waals surface area contributed by atoms with E-state index in [1.807, 2.05) is 6.92 Å². The summed E-state index contributed by atoms with van der Waals surface area (Å²) in [5, 5.41) is 9.59. The first kappa shape index (κ1) is 14.1. The summed E-state index contributed by atoms with van der Waals surface area (Å²) in [6, 6.07) is 0. The van der Waals surface area contributed by atoms with E-state index in [0.717, 1.165) is 0 Å². The van der Waals surface area contributed by atoms with Gasteiger partial charge in [-0.05, 0) is 20.9 Å². The lowest BCUT2D eigenvalue weighted by atomic mass is 10.4. The molecule has 2 N–H and O–H groups in total. The maximum absolute atomic E-state index is 12.4. The van der Waals surface area contributed by atoms with Gasteiger partial charge in [0.2, 0.25) is 10.0 Å². The Hall–Kier alpha value is -0.920. The van der Waals surface area contributed by atoms with Crippen molar-refractivity contribution in [3.63, 3.8) is 0 Å². The highest BCUT2D eigenvalue weighted by atomic mass is 32.2. The van der Waals surface area contributed by atoms with Gasteiger partial charge in [0.15, 0.2) is 0 Å². The largest absolute Gasteiger partial charge is 0.318 e. The van der Waals surface area contributed by atoms with Gasteiger partial charge in [-0.15, -0.1) is 0 Å². The van der Waals surface area contributed by atoms with Gasteiger partial charge in [0, 0.05) is 19.6 Å². The number of sulfonamides is 1. The molecule has 7 heteroatoms. The Balaban J connectivity index is 3.09. The van der Waals surface area contributed by atoms with Crippen molar-refractivity contribution >= 4 is 10.0 Å². The van der Waals surface area contributed by atoms with E-state index in [1.165, 1.54) is 4.31 Å². The van der Waals surface area contributed by atoms with E-state index in [-0.39, 0.29) is 0 Å². The van der Waals surface area contributed by atoms with Crippen LogP contribution in [-0.2, 0) is 10.0 Å². The van der Waals surface area contributed by atoms with Gasteiger partial charge in [-0.2, -0.15) is 9.40 Å². The molecule has 6 nitrogen and oxygen atoms in total. The number of aromatic nitrogens is 2. The first-order valence-corrected chi connectivity index (χ1v) is 7.05. The topological polar surface area (TPSA) is 78.1 Å². The number of hydrogen-bond donors (Lipinski definition) is 2. The Morgan fingerprint density at radius 2 is 2.06 bits per heavy atom. The molecule has 1 aromatic heterocycles. The molecule has 0 spiro atoms. The second kappa shape index (κ2) is 5.61. The number of H-pyrrole nitrogens is 1. The van der Waals surface area contributed by atoms with Crippen molar-refractivity contribution in [1.82, 2.24) is 19.8 Å². The molecule has 0 aliphatic carbocycles. The molecule has 0 amide bonds. The van der Waals surface area contributed by atoms with Gasteiger partial charge in [0.25, 0.3) is 0 Å². The third kappa shape index (κ3) is 2.85. The van der Waals surface area contributed by atoms with Crippen molar-refractivity contribution in [1.29, 1.82) is 0 Å². The molecule has 0 saturated heterocycles. The van der Waals surface area contributed by atoms with Gasteiger partial charge in [-0.3, -0.25) is 5.10 Å². The molecule has 0 radical (unpaired) electrons. The van der Waals surface area contributed by atoms with Crippen LogP contribution in [0.3, 0.4) is 0 Å². The van der Waals surface area contributed by atoms with Crippen molar-refractivity contribution in [3.05, 3.63) is 11.4 Å². The van der Waals surface area contributed by atoms with E-state index in [9.17, 15) is 8.42 Å². The average molecular weight is 260 g/mol. The molecular formula is C10H20N4O2S. The Bertz CT molecular complexity index is 447. The van der Waals surface area contributed by atoms with Crippen LogP contribution in [0.15, 0.2) is 4.90 Å². The van der Waals surface area contributed by atoms with Crippen LogP contribution in [0, 0.1) is 13.8 Å². The normalized spacial score (nSPS) is 12.3. The first-order valence-electron chi connectivity index (χ1n) is 5.61. The van der Waals surface area contributed by atoms with Crippen LogP contribution in [0.4, 0.5) is 0 Å². The highest BCUT2D eigenvalue weighted by molar-refractivity contribution is 7.89. The summed E-state index contributed by atoms with van der Waals surface area (Å²) in [5.41, 5.74) is 1.11. The van der Waals surface area contributed by atoms with Gasteiger partial charge in [-0.1, -0.05) is 6.92 Å². The third-order valence-electron chi connectivity index (χ3n) is 2.62. The summed E-state index contributed by atoms with van der Waals surface area (Å²) in [6.45, 7) is 6.79. The summed E-state index contributed by atoms with van der Waals surface area (Å²) in [4.78, 5) is 0.301. The fourth-order valence-electron chi connectivity index (χ4n) is 1.73. The zero-order chi connectivity index (χ0) is 13.1. The quantitative estimate of drug-likeness (QED) is 0.769. The summed E-state index contributed by atoms with van der Waals surface area (Å²) >= 11 is 0. The van der Waals surface area contributed by atoms with E-state index < -0.39 is 10.0 Å². The van der Waals surface area contributed by atoms with Crippen LogP contribution in [-0.4, -0.2) is 49.6 Å². The summed E-state index contributed by atoms with van der Waals surface area (Å²) in [6.07, 6.45) is 0. The predicted molar refractivity (Wildman–Crippen MR) is 66.4 cm³/mol. The number of aromatic amines is 1. The van der Waals surface area contributed by atoms with E-state index in [0.29, 0.717) is 35.9 Å². The van der Waals surface area contributed by atoms with Crippen molar-refractivity contribution in [2.45, 2.75) is 25.7 Å². The second-order valence-corrected chi connectivity index (χ2v) is 5.74. The Morgan fingerprint density at radius 3 is 2.47 bits per heavy atom. The minimum Gasteiger partial charge on any atom is -0.318 e. The summed E-state index contributed by atoms with van der Waals surface area (Å²) in [7, 11) is -1.64. The van der Waals surface area contributed by atoms with Gasteiger partial charge >= 0.3 is 0 Å². The highest BCUT2D eigenvalue weighted by Crippen LogP contribution is 2.20. The van der Waals surface area contributed by atoms with Gasteiger partial charge < -0.3 is 5.32 Å². The number of nitrogens with zero attached hydrogens (tertiary/aromatic N) is 2. The molecule has 0 aliphatic heterocycles. The number of nitrogens with one attached hydrogen (secondary N) is 2. The molecule has 17 heavy (non-hydrogen) atoms. The van der Waals surface area contributed by atoms with Crippen LogP contribution in [0.5, 0.6) is 0 Å². The van der Waals surface area contributed by atoms with E-state index in [1.54, 1.807) is 20.9 Å². The molecule has 1 heterocycles. The third-order valence-corrected chi connectivity index (χ3v) is 4.86. The van der Waals surface area contributed by atoms with Crippen LogP contribution in [0.25, 0.3) is 0 Å². The molecule has 0 fully saturated rings. The predicted octanol–water partition coefficient (Wildman–Crippen LogP) is 0.257. The number of likely N-dealkylation sites (N-methyl/N-ethyl adjacent to an activating group) is 2. The maximum atomic E-state index is 12.4. The van der Waals surface area contributed by atoms with Crippen LogP contribution < -0.4 is 5.32 Å². The van der Waals surface area contributed by atoms with Crippen LogP contribution in [0.1, 0.15) is 18.3 Å². The molecule has 0 saturated carbocycles. The molecule has 0 atom stereocenters. The zero-order valence-corrected chi connectivity index (χ0v) is 11.6. The lowest BCUT2D eigenvalue weighted by molar-refractivity contribution is 0.425. The Morgan fingerprint density at radius 1 is 1.41 bits per heavy atom. The minimum atomic E-state index is -3.44. The van der Waals surface area contributed by atoms with E-state index in [2.05, 4.69) is 15.5 Å². The van der Waals surface area contributed by atoms with E-state index in [4.69, 9.17) is 0 Å². The second-order valence-electron chi connectivity index (χ2n) is 3.86. The van der Waals surface area contributed by atoms with Crippen molar-refractivity contribution in [2.24, 2.45) is 0 Å². The lowest BCUT2D eigenvalue weighted by Gasteiger charge is -2.20. The van der Waals surface area contributed by atoms with Gasteiger partial charge in [0.1, 0.15) is 4.90 Å². The molecule has 98 valence electrons. The van der Waals surface area contributed by atoms with Crippen LogP contribution in [0.2, 0.25) is 0 Å². The molecular weight excluding hydrogens is 240 g/mol. The van der Waals surface area contributed by atoms with Gasteiger partial charge in [0.05, 0.1) is 11.4 Å².